The van der Waals surface area contributed by atoms with Crippen LogP contribution in [-0.4, -0.2) is 42.0 Å². The molecule has 0 aliphatic carbocycles. The SMILES string of the molecule is CCc1ccc(CCC(=O)N2CC[NH+](Cc3nc4ccccc4s3)CC2)cc1. The summed E-state index contributed by atoms with van der Waals surface area (Å²) in [5.41, 5.74) is 3.70. The van der Waals surface area contributed by atoms with E-state index in [1.165, 1.54) is 25.7 Å². The van der Waals surface area contributed by atoms with Crippen LogP contribution in [0.2, 0.25) is 0 Å². The zero-order chi connectivity index (χ0) is 19.3. The normalized spacial score (nSPS) is 15.2. The summed E-state index contributed by atoms with van der Waals surface area (Å²) in [7, 11) is 0. The first-order chi connectivity index (χ1) is 13.7. The zero-order valence-corrected chi connectivity index (χ0v) is 17.3. The van der Waals surface area contributed by atoms with Crippen LogP contribution in [0, 0.1) is 0 Å². The molecule has 0 bridgehead atoms. The lowest BCUT2D eigenvalue weighted by Crippen LogP contribution is -3.13. The summed E-state index contributed by atoms with van der Waals surface area (Å²) in [6, 6.07) is 17.0. The molecular formula is C23H28N3OS+. The second-order valence-electron chi connectivity index (χ2n) is 7.55. The van der Waals surface area contributed by atoms with Gasteiger partial charge >= 0.3 is 0 Å². The van der Waals surface area contributed by atoms with Gasteiger partial charge in [0, 0.05) is 6.42 Å². The maximum atomic E-state index is 12.6. The lowest BCUT2D eigenvalue weighted by molar-refractivity contribution is -0.917. The minimum absolute atomic E-state index is 0.290. The third-order valence-corrected chi connectivity index (χ3v) is 6.66. The van der Waals surface area contributed by atoms with Gasteiger partial charge < -0.3 is 9.80 Å². The van der Waals surface area contributed by atoms with Crippen LogP contribution in [0.25, 0.3) is 10.2 Å². The van der Waals surface area contributed by atoms with Gasteiger partial charge in [-0.15, -0.1) is 11.3 Å². The van der Waals surface area contributed by atoms with Crippen molar-refractivity contribution >= 4 is 27.5 Å². The van der Waals surface area contributed by atoms with Gasteiger partial charge in [-0.25, -0.2) is 4.98 Å². The lowest BCUT2D eigenvalue weighted by atomic mass is 10.1. The third kappa shape index (κ3) is 4.59. The van der Waals surface area contributed by atoms with Crippen molar-refractivity contribution in [3.63, 3.8) is 0 Å². The molecule has 0 spiro atoms. The first-order valence-corrected chi connectivity index (χ1v) is 11.1. The number of nitrogens with zero attached hydrogens (tertiary/aromatic N) is 2. The molecule has 0 unspecified atom stereocenters. The Kier molecular flexibility index (Phi) is 6.03. The van der Waals surface area contributed by atoms with Gasteiger partial charge in [0.15, 0.2) is 0 Å². The van der Waals surface area contributed by atoms with Gasteiger partial charge in [0.25, 0.3) is 0 Å². The first kappa shape index (κ1) is 19.1. The molecule has 146 valence electrons. The molecule has 28 heavy (non-hydrogen) atoms. The molecular weight excluding hydrogens is 366 g/mol. The Morgan fingerprint density at radius 3 is 2.50 bits per heavy atom. The van der Waals surface area contributed by atoms with Crippen LogP contribution in [0.15, 0.2) is 48.5 Å². The van der Waals surface area contributed by atoms with E-state index >= 15 is 0 Å². The number of aryl methyl sites for hydroxylation is 2. The number of carbonyl (C=O) groups is 1. The molecule has 0 atom stereocenters. The standard InChI is InChI=1S/C23H27N3OS/c1-2-18-7-9-19(10-8-18)11-12-23(27)26-15-13-25(14-16-26)17-22-24-20-5-3-4-6-21(20)28-22/h3-10H,2,11-17H2,1H3/p+1. The second kappa shape index (κ2) is 8.84. The van der Waals surface area contributed by atoms with E-state index < -0.39 is 0 Å². The van der Waals surface area contributed by atoms with Crippen molar-refractivity contribution in [1.82, 2.24) is 9.88 Å². The molecule has 1 aliphatic heterocycles. The summed E-state index contributed by atoms with van der Waals surface area (Å²) in [6.07, 6.45) is 2.50. The van der Waals surface area contributed by atoms with Crippen molar-refractivity contribution in [1.29, 1.82) is 0 Å². The van der Waals surface area contributed by atoms with Crippen molar-refractivity contribution in [2.24, 2.45) is 0 Å². The van der Waals surface area contributed by atoms with E-state index in [1.807, 2.05) is 11.0 Å². The number of carbonyl (C=O) groups excluding carboxylic acids is 1. The monoisotopic (exact) mass is 394 g/mol. The van der Waals surface area contributed by atoms with Crippen LogP contribution in [0.1, 0.15) is 29.5 Å². The van der Waals surface area contributed by atoms with Crippen LogP contribution >= 0.6 is 11.3 Å². The number of fused-ring (bicyclic) bond motifs is 1. The average molecular weight is 395 g/mol. The van der Waals surface area contributed by atoms with Crippen LogP contribution < -0.4 is 4.90 Å². The van der Waals surface area contributed by atoms with Crippen molar-refractivity contribution in [2.75, 3.05) is 26.2 Å². The molecule has 0 radical (unpaired) electrons. The van der Waals surface area contributed by atoms with Crippen LogP contribution in [0.3, 0.4) is 0 Å². The van der Waals surface area contributed by atoms with Gasteiger partial charge in [-0.1, -0.05) is 43.3 Å². The minimum Gasteiger partial charge on any atom is -0.331 e. The fraction of sp³-hybridized carbons (Fsp3) is 0.391. The van der Waals surface area contributed by atoms with Gasteiger partial charge in [0.2, 0.25) is 5.91 Å². The first-order valence-electron chi connectivity index (χ1n) is 10.2. The highest BCUT2D eigenvalue weighted by Gasteiger charge is 2.24. The van der Waals surface area contributed by atoms with Crippen molar-refractivity contribution in [2.45, 2.75) is 32.7 Å². The highest BCUT2D eigenvalue weighted by atomic mass is 32.1. The molecule has 2 aromatic carbocycles. The Hall–Kier alpha value is -2.24. The summed E-state index contributed by atoms with van der Waals surface area (Å²) >= 11 is 1.79. The molecule has 1 saturated heterocycles. The van der Waals surface area contributed by atoms with Crippen LogP contribution in [0.4, 0.5) is 0 Å². The van der Waals surface area contributed by atoms with Crippen LogP contribution in [0.5, 0.6) is 0 Å². The van der Waals surface area contributed by atoms with Gasteiger partial charge in [-0.05, 0) is 36.1 Å². The summed E-state index contributed by atoms with van der Waals surface area (Å²) in [5.74, 6) is 0.290. The maximum Gasteiger partial charge on any atom is 0.223 e. The number of para-hydroxylation sites is 1. The maximum absolute atomic E-state index is 12.6. The Bertz CT molecular complexity index is 893. The zero-order valence-electron chi connectivity index (χ0n) is 16.5. The second-order valence-corrected chi connectivity index (χ2v) is 8.67. The number of hydrogen-bond acceptors (Lipinski definition) is 3. The number of nitrogens with one attached hydrogen (secondary N) is 1. The molecule has 2 heterocycles. The fourth-order valence-corrected chi connectivity index (χ4v) is 4.85. The van der Waals surface area contributed by atoms with Crippen molar-refractivity contribution in [3.05, 3.63) is 64.7 Å². The molecule has 1 aliphatic rings. The molecule has 1 aromatic heterocycles. The summed E-state index contributed by atoms with van der Waals surface area (Å²) in [6.45, 7) is 6.85. The Morgan fingerprint density at radius 1 is 1.07 bits per heavy atom. The number of quaternary nitrogens is 1. The smallest absolute Gasteiger partial charge is 0.223 e. The molecule has 4 nitrogen and oxygen atoms in total. The molecule has 1 N–H and O–H groups in total. The van der Waals surface area contributed by atoms with E-state index in [9.17, 15) is 4.79 Å². The fourth-order valence-electron chi connectivity index (χ4n) is 3.81. The lowest BCUT2D eigenvalue weighted by Gasteiger charge is -2.32. The summed E-state index contributed by atoms with van der Waals surface area (Å²) in [4.78, 5) is 20.9. The predicted molar refractivity (Wildman–Crippen MR) is 115 cm³/mol. The average Bonchev–Trinajstić information content (AvgIpc) is 3.15. The minimum atomic E-state index is 0.290. The Labute approximate surface area is 170 Å². The van der Waals surface area contributed by atoms with E-state index in [0.717, 1.165) is 51.1 Å². The van der Waals surface area contributed by atoms with E-state index in [1.54, 1.807) is 11.3 Å². The number of hydrogen-bond donors (Lipinski definition) is 1. The van der Waals surface area contributed by atoms with E-state index in [2.05, 4.69) is 49.4 Å². The van der Waals surface area contributed by atoms with Crippen molar-refractivity contribution in [3.8, 4) is 0 Å². The number of amides is 1. The predicted octanol–water partition coefficient (Wildman–Crippen LogP) is 2.72. The van der Waals surface area contributed by atoms with E-state index in [0.29, 0.717) is 12.3 Å². The summed E-state index contributed by atoms with van der Waals surface area (Å²) in [5, 5.41) is 1.20. The highest BCUT2D eigenvalue weighted by Crippen LogP contribution is 2.20. The van der Waals surface area contributed by atoms with Gasteiger partial charge in [-0.2, -0.15) is 0 Å². The van der Waals surface area contributed by atoms with Gasteiger partial charge in [0.1, 0.15) is 11.6 Å². The molecule has 4 rings (SSSR count). The van der Waals surface area contributed by atoms with Gasteiger partial charge in [0.05, 0.1) is 36.4 Å². The van der Waals surface area contributed by atoms with E-state index in [-0.39, 0.29) is 0 Å². The number of thiazole rings is 1. The molecule has 1 fully saturated rings. The summed E-state index contributed by atoms with van der Waals surface area (Å²) < 4.78 is 1.26. The highest BCUT2D eigenvalue weighted by molar-refractivity contribution is 7.18. The van der Waals surface area contributed by atoms with Gasteiger partial charge in [-0.3, -0.25) is 4.79 Å². The van der Waals surface area contributed by atoms with E-state index in [4.69, 9.17) is 4.98 Å². The number of rotatable bonds is 6. The largest absolute Gasteiger partial charge is 0.331 e. The molecule has 3 aromatic rings. The number of piperazine rings is 1. The van der Waals surface area contributed by atoms with Crippen molar-refractivity contribution < 1.29 is 9.69 Å². The quantitative estimate of drug-likeness (QED) is 0.698. The molecule has 0 saturated carbocycles. The topological polar surface area (TPSA) is 37.6 Å². The Morgan fingerprint density at radius 2 is 1.79 bits per heavy atom. The number of benzene rings is 2. The molecule has 5 heteroatoms. The molecule has 1 amide bonds. The Balaban J connectivity index is 1.24. The third-order valence-electron chi connectivity index (χ3n) is 5.62. The van der Waals surface area contributed by atoms with Crippen LogP contribution in [-0.2, 0) is 24.2 Å². The number of aromatic nitrogens is 1.